The maximum absolute atomic E-state index is 11.5. The lowest BCUT2D eigenvalue weighted by molar-refractivity contribution is 0.590. The molecule has 0 aliphatic carbocycles. The molecule has 108 valence electrons. The van der Waals surface area contributed by atoms with Crippen molar-refractivity contribution in [1.29, 1.82) is 0 Å². The third kappa shape index (κ3) is 3.34. The number of benzene rings is 1. The molecule has 20 heavy (non-hydrogen) atoms. The van der Waals surface area contributed by atoms with Gasteiger partial charge in [-0.2, -0.15) is 0 Å². The van der Waals surface area contributed by atoms with Crippen LogP contribution in [0.2, 0.25) is 4.47 Å². The Hall–Kier alpha value is -0.620. The summed E-state index contributed by atoms with van der Waals surface area (Å²) in [5.74, 6) is 0. The van der Waals surface area contributed by atoms with E-state index in [0.29, 0.717) is 11.3 Å². The molecule has 0 aliphatic heterocycles. The molecule has 7 heteroatoms. The van der Waals surface area contributed by atoms with Gasteiger partial charge in [0.25, 0.3) is 9.05 Å². The quantitative estimate of drug-likeness (QED) is 0.739. The molecular formula is C13H13Cl2NO2S2. The summed E-state index contributed by atoms with van der Waals surface area (Å²) >= 11 is 6.67. The molecule has 0 aliphatic rings. The normalized spacial score (nSPS) is 12.7. The van der Waals surface area contributed by atoms with Gasteiger partial charge in [-0.1, -0.05) is 68.0 Å². The van der Waals surface area contributed by atoms with E-state index in [1.54, 1.807) is 0 Å². The minimum absolute atomic E-state index is 0.0207. The van der Waals surface area contributed by atoms with Gasteiger partial charge in [0, 0.05) is 16.2 Å². The maximum Gasteiger partial charge on any atom is 0.273 e. The molecule has 1 heterocycles. The zero-order valence-corrected chi connectivity index (χ0v) is 14.3. The van der Waals surface area contributed by atoms with Gasteiger partial charge in [-0.25, -0.2) is 13.4 Å². The third-order valence-corrected chi connectivity index (χ3v) is 6.05. The Bertz CT molecular complexity index is 729. The monoisotopic (exact) mass is 349 g/mol. The molecule has 0 unspecified atom stereocenters. The number of rotatable bonds is 2. The molecule has 0 N–H and O–H groups in total. The molecule has 0 atom stereocenters. The van der Waals surface area contributed by atoms with Gasteiger partial charge < -0.3 is 0 Å². The van der Waals surface area contributed by atoms with E-state index in [1.807, 2.05) is 24.3 Å². The summed E-state index contributed by atoms with van der Waals surface area (Å²) in [6.45, 7) is 6.32. The molecule has 1 aromatic heterocycles. The Balaban J connectivity index is 2.53. The van der Waals surface area contributed by atoms with Crippen LogP contribution in [-0.4, -0.2) is 13.4 Å². The van der Waals surface area contributed by atoms with Crippen molar-refractivity contribution in [3.63, 3.8) is 0 Å². The molecule has 0 saturated carbocycles. The summed E-state index contributed by atoms with van der Waals surface area (Å²) in [5, 5.41) is 0. The molecule has 0 spiro atoms. The van der Waals surface area contributed by atoms with Crippen LogP contribution in [0.25, 0.3) is 11.3 Å². The highest BCUT2D eigenvalue weighted by atomic mass is 35.7. The van der Waals surface area contributed by atoms with Crippen LogP contribution in [0, 0.1) is 0 Å². The molecule has 2 rings (SSSR count). The van der Waals surface area contributed by atoms with E-state index >= 15 is 0 Å². The van der Waals surface area contributed by atoms with Crippen LogP contribution in [-0.2, 0) is 14.5 Å². The second-order valence-corrected chi connectivity index (χ2v) is 9.71. The first kappa shape index (κ1) is 15.8. The highest BCUT2D eigenvalue weighted by Gasteiger charge is 2.23. The van der Waals surface area contributed by atoms with Crippen LogP contribution in [0.5, 0.6) is 0 Å². The Labute approximate surface area is 132 Å². The van der Waals surface area contributed by atoms with Gasteiger partial charge in [0.1, 0.15) is 5.69 Å². The van der Waals surface area contributed by atoms with Crippen LogP contribution in [0.3, 0.4) is 0 Å². The molecule has 0 saturated heterocycles. The van der Waals surface area contributed by atoms with E-state index in [-0.39, 0.29) is 14.1 Å². The predicted molar refractivity (Wildman–Crippen MR) is 84.3 cm³/mol. The van der Waals surface area contributed by atoms with Crippen molar-refractivity contribution in [1.82, 2.24) is 4.98 Å². The summed E-state index contributed by atoms with van der Waals surface area (Å²) < 4.78 is 23.2. The minimum Gasteiger partial charge on any atom is -0.223 e. The van der Waals surface area contributed by atoms with Gasteiger partial charge in [0.2, 0.25) is 0 Å². The molecule has 0 bridgehead atoms. The third-order valence-electron chi connectivity index (χ3n) is 2.82. The summed E-state index contributed by atoms with van der Waals surface area (Å²) in [7, 11) is 1.56. The molecule has 3 nitrogen and oxygen atoms in total. The predicted octanol–water partition coefficient (Wildman–Crippen LogP) is 4.69. The molecule has 2 aromatic rings. The van der Waals surface area contributed by atoms with Crippen molar-refractivity contribution in [2.75, 3.05) is 0 Å². The van der Waals surface area contributed by atoms with Gasteiger partial charge >= 0.3 is 0 Å². The Morgan fingerprint density at radius 3 is 2.15 bits per heavy atom. The zero-order valence-electron chi connectivity index (χ0n) is 11.1. The van der Waals surface area contributed by atoms with E-state index in [4.69, 9.17) is 22.3 Å². The van der Waals surface area contributed by atoms with Crippen molar-refractivity contribution >= 4 is 42.7 Å². The van der Waals surface area contributed by atoms with Crippen LogP contribution in [0.4, 0.5) is 0 Å². The summed E-state index contributed by atoms with van der Waals surface area (Å²) in [6.07, 6.45) is 0. The highest BCUT2D eigenvalue weighted by Crippen LogP contribution is 2.36. The molecule has 0 radical (unpaired) electrons. The summed E-state index contributed by atoms with van der Waals surface area (Å²) in [4.78, 5) is 4.06. The topological polar surface area (TPSA) is 47.0 Å². The van der Waals surface area contributed by atoms with E-state index in [2.05, 4.69) is 25.8 Å². The van der Waals surface area contributed by atoms with Gasteiger partial charge in [-0.3, -0.25) is 0 Å². The van der Waals surface area contributed by atoms with Gasteiger partial charge in [0.15, 0.2) is 8.68 Å². The first-order chi connectivity index (χ1) is 9.09. The smallest absolute Gasteiger partial charge is 0.223 e. The summed E-state index contributed by atoms with van der Waals surface area (Å²) in [5.41, 5.74) is 2.16. The van der Waals surface area contributed by atoms with Crippen LogP contribution in [0.15, 0.2) is 28.5 Å². The van der Waals surface area contributed by atoms with Crippen molar-refractivity contribution in [3.8, 4) is 11.3 Å². The number of hydrogen-bond donors (Lipinski definition) is 0. The highest BCUT2D eigenvalue weighted by molar-refractivity contribution is 8.15. The van der Waals surface area contributed by atoms with Gasteiger partial charge in [0.05, 0.1) is 0 Å². The fraction of sp³-hybridized carbons (Fsp3) is 0.308. The first-order valence-corrected chi connectivity index (χ1v) is 9.31. The van der Waals surface area contributed by atoms with Crippen molar-refractivity contribution < 1.29 is 8.42 Å². The lowest BCUT2D eigenvalue weighted by Crippen LogP contribution is -2.10. The Morgan fingerprint density at radius 2 is 1.70 bits per heavy atom. The number of hydrogen-bond acceptors (Lipinski definition) is 4. The van der Waals surface area contributed by atoms with Crippen LogP contribution in [0.1, 0.15) is 26.3 Å². The fourth-order valence-electron chi connectivity index (χ4n) is 1.76. The number of aromatic nitrogens is 1. The van der Waals surface area contributed by atoms with Crippen molar-refractivity contribution in [2.45, 2.75) is 30.4 Å². The van der Waals surface area contributed by atoms with E-state index < -0.39 is 9.05 Å². The second-order valence-electron chi connectivity index (χ2n) is 5.37. The first-order valence-electron chi connectivity index (χ1n) is 5.81. The Kier molecular flexibility index (Phi) is 4.17. The lowest BCUT2D eigenvalue weighted by Gasteiger charge is -2.19. The molecule has 0 amide bonds. The number of nitrogens with zero attached hydrogens (tertiary/aromatic N) is 1. The van der Waals surface area contributed by atoms with E-state index in [1.165, 1.54) is 0 Å². The van der Waals surface area contributed by atoms with Crippen LogP contribution >= 0.6 is 33.6 Å². The van der Waals surface area contributed by atoms with Crippen LogP contribution < -0.4 is 0 Å². The maximum atomic E-state index is 11.5. The molecule has 0 fully saturated rings. The fourth-order valence-corrected chi connectivity index (χ4v) is 4.29. The summed E-state index contributed by atoms with van der Waals surface area (Å²) in [6, 6.07) is 7.56. The Morgan fingerprint density at radius 1 is 1.15 bits per heavy atom. The standard InChI is InChI=1S/C13H13Cl2NO2S2/c1-13(2,3)9-6-4-8(5-7-9)10-11(20(15,17)18)19-12(14)16-10/h4-7H,1-3H3. The number of thiazole rings is 1. The zero-order chi connectivity index (χ0) is 15.1. The van der Waals surface area contributed by atoms with Crippen molar-refractivity contribution in [2.24, 2.45) is 0 Å². The molecule has 1 aromatic carbocycles. The van der Waals surface area contributed by atoms with Gasteiger partial charge in [-0.15, -0.1) is 0 Å². The molecular weight excluding hydrogens is 337 g/mol. The average Bonchev–Trinajstić information content (AvgIpc) is 2.70. The largest absolute Gasteiger partial charge is 0.273 e. The number of halogens is 2. The SMILES string of the molecule is CC(C)(C)c1ccc(-c2nc(Cl)sc2S(=O)(=O)Cl)cc1. The van der Waals surface area contributed by atoms with E-state index in [9.17, 15) is 8.42 Å². The lowest BCUT2D eigenvalue weighted by atomic mass is 9.86. The minimum atomic E-state index is -3.86. The van der Waals surface area contributed by atoms with Crippen molar-refractivity contribution in [3.05, 3.63) is 34.3 Å². The van der Waals surface area contributed by atoms with Gasteiger partial charge in [-0.05, 0) is 11.0 Å². The van der Waals surface area contributed by atoms with E-state index in [0.717, 1.165) is 16.9 Å². The average molecular weight is 350 g/mol. The second kappa shape index (κ2) is 5.30.